The summed E-state index contributed by atoms with van der Waals surface area (Å²) in [6, 6.07) is 0. The Labute approximate surface area is 55.9 Å². The van der Waals surface area contributed by atoms with Crippen molar-refractivity contribution >= 4 is 5.78 Å². The highest BCUT2D eigenvalue weighted by Gasteiger charge is 1.96. The molecule has 0 unspecified atom stereocenters. The number of aromatic nitrogens is 6. The molecule has 2 aromatic heterocycles. The minimum Gasteiger partial charge on any atom is -0.215 e. The largest absolute Gasteiger partial charge is 0.291 e. The van der Waals surface area contributed by atoms with Crippen LogP contribution in [0.4, 0.5) is 0 Å². The molecule has 0 aliphatic rings. The molecule has 0 atom stereocenters. The van der Waals surface area contributed by atoms with E-state index in [0.29, 0.717) is 5.78 Å². The van der Waals surface area contributed by atoms with Gasteiger partial charge in [-0.05, 0) is 17.4 Å². The SMILES string of the molecule is Cc1cnc2nnnn2n1. The van der Waals surface area contributed by atoms with Crippen molar-refractivity contribution in [1.82, 2.24) is 30.2 Å². The standard InChI is InChI=1S/C4H4N6/c1-3-2-5-4-6-8-9-10(4)7-3/h2H,1H3. The average molecular weight is 136 g/mol. The van der Waals surface area contributed by atoms with Crippen LogP contribution in [0.25, 0.3) is 5.78 Å². The van der Waals surface area contributed by atoms with E-state index in [1.165, 1.54) is 4.63 Å². The van der Waals surface area contributed by atoms with Gasteiger partial charge in [0, 0.05) is 0 Å². The average Bonchev–Trinajstić information content (AvgIpc) is 2.33. The Kier molecular flexibility index (Phi) is 0.883. The van der Waals surface area contributed by atoms with Crippen molar-refractivity contribution < 1.29 is 0 Å². The lowest BCUT2D eigenvalue weighted by atomic mass is 10.6. The van der Waals surface area contributed by atoms with E-state index in [-0.39, 0.29) is 0 Å². The fourth-order valence-corrected chi connectivity index (χ4v) is 0.646. The third-order valence-corrected chi connectivity index (χ3v) is 1.06. The predicted molar refractivity (Wildman–Crippen MR) is 31.1 cm³/mol. The highest BCUT2D eigenvalue weighted by atomic mass is 15.6. The second-order valence-corrected chi connectivity index (χ2v) is 1.87. The second-order valence-electron chi connectivity index (χ2n) is 1.87. The minimum atomic E-state index is 0.422. The summed E-state index contributed by atoms with van der Waals surface area (Å²) in [6.45, 7) is 1.83. The molecule has 0 saturated carbocycles. The maximum atomic E-state index is 3.95. The van der Waals surface area contributed by atoms with E-state index < -0.39 is 0 Å². The molecule has 0 aliphatic carbocycles. The van der Waals surface area contributed by atoms with Crippen LogP contribution in [-0.2, 0) is 0 Å². The van der Waals surface area contributed by atoms with Crippen LogP contribution in [0.2, 0.25) is 0 Å². The summed E-state index contributed by atoms with van der Waals surface area (Å²) < 4.78 is 1.29. The quantitative estimate of drug-likeness (QED) is 0.475. The smallest absolute Gasteiger partial charge is 0.215 e. The number of nitrogens with zero attached hydrogens (tertiary/aromatic N) is 6. The molecule has 2 heterocycles. The van der Waals surface area contributed by atoms with Crippen LogP contribution in [-0.4, -0.2) is 30.2 Å². The second kappa shape index (κ2) is 1.69. The Bertz CT molecular complexity index is 351. The third kappa shape index (κ3) is 0.619. The number of fused-ring (bicyclic) bond motifs is 1. The first kappa shape index (κ1) is 5.21. The Balaban J connectivity index is 2.86. The van der Waals surface area contributed by atoms with Gasteiger partial charge in [-0.1, -0.05) is 9.73 Å². The van der Waals surface area contributed by atoms with E-state index in [9.17, 15) is 0 Å². The van der Waals surface area contributed by atoms with Gasteiger partial charge in [-0.3, -0.25) is 0 Å². The third-order valence-electron chi connectivity index (χ3n) is 1.06. The van der Waals surface area contributed by atoms with E-state index in [0.717, 1.165) is 5.69 Å². The number of hydrogen-bond acceptors (Lipinski definition) is 5. The highest BCUT2D eigenvalue weighted by Crippen LogP contribution is 1.88. The normalized spacial score (nSPS) is 10.5. The van der Waals surface area contributed by atoms with Gasteiger partial charge in [0.15, 0.2) is 0 Å². The van der Waals surface area contributed by atoms with Crippen molar-refractivity contribution in [2.45, 2.75) is 6.92 Å². The Morgan fingerprint density at radius 2 is 2.40 bits per heavy atom. The highest BCUT2D eigenvalue weighted by molar-refractivity contribution is 5.18. The monoisotopic (exact) mass is 136 g/mol. The van der Waals surface area contributed by atoms with Crippen molar-refractivity contribution in [3.05, 3.63) is 11.9 Å². The van der Waals surface area contributed by atoms with Gasteiger partial charge in [0.05, 0.1) is 11.9 Å². The Hall–Kier alpha value is -1.59. The Morgan fingerprint density at radius 1 is 1.50 bits per heavy atom. The van der Waals surface area contributed by atoms with Crippen LogP contribution < -0.4 is 0 Å². The zero-order valence-electron chi connectivity index (χ0n) is 5.26. The number of hydrogen-bond donors (Lipinski definition) is 0. The van der Waals surface area contributed by atoms with Crippen molar-refractivity contribution in [2.24, 2.45) is 0 Å². The van der Waals surface area contributed by atoms with Crippen molar-refractivity contribution in [3.8, 4) is 0 Å². The molecule has 0 radical (unpaired) electrons. The van der Waals surface area contributed by atoms with Gasteiger partial charge in [-0.15, -0.1) is 5.10 Å². The summed E-state index contributed by atoms with van der Waals surface area (Å²) in [5.41, 5.74) is 0.791. The number of tetrazole rings is 1. The maximum Gasteiger partial charge on any atom is 0.291 e. The van der Waals surface area contributed by atoms with E-state index in [1.807, 2.05) is 6.92 Å². The maximum absolute atomic E-state index is 3.95. The van der Waals surface area contributed by atoms with Gasteiger partial charge < -0.3 is 0 Å². The molecule has 0 N–H and O–H groups in total. The summed E-state index contributed by atoms with van der Waals surface area (Å²) in [5, 5.41) is 14.5. The van der Waals surface area contributed by atoms with Gasteiger partial charge in [0.25, 0.3) is 5.78 Å². The summed E-state index contributed by atoms with van der Waals surface area (Å²) in [5.74, 6) is 0.422. The van der Waals surface area contributed by atoms with Crippen molar-refractivity contribution in [3.63, 3.8) is 0 Å². The molecule has 10 heavy (non-hydrogen) atoms. The van der Waals surface area contributed by atoms with Crippen LogP contribution >= 0.6 is 0 Å². The van der Waals surface area contributed by atoms with Crippen molar-refractivity contribution in [1.29, 1.82) is 0 Å². The van der Waals surface area contributed by atoms with E-state index in [2.05, 4.69) is 25.6 Å². The lowest BCUT2D eigenvalue weighted by Gasteiger charge is -1.87. The van der Waals surface area contributed by atoms with Crippen LogP contribution in [0.3, 0.4) is 0 Å². The summed E-state index contributed by atoms with van der Waals surface area (Å²) >= 11 is 0. The predicted octanol–water partition coefficient (Wildman–Crippen LogP) is -0.777. The molecule has 0 aromatic carbocycles. The zero-order chi connectivity index (χ0) is 6.97. The molecule has 2 rings (SSSR count). The van der Waals surface area contributed by atoms with Gasteiger partial charge >= 0.3 is 0 Å². The van der Waals surface area contributed by atoms with Gasteiger partial charge in [-0.25, -0.2) is 4.98 Å². The first-order valence-electron chi connectivity index (χ1n) is 2.74. The van der Waals surface area contributed by atoms with Crippen LogP contribution in [0.15, 0.2) is 6.20 Å². The summed E-state index contributed by atoms with van der Waals surface area (Å²) in [6.07, 6.45) is 1.62. The minimum absolute atomic E-state index is 0.422. The molecule has 0 saturated heterocycles. The molecule has 0 fully saturated rings. The fourth-order valence-electron chi connectivity index (χ4n) is 0.646. The zero-order valence-corrected chi connectivity index (χ0v) is 5.26. The van der Waals surface area contributed by atoms with Crippen LogP contribution in [0.1, 0.15) is 5.69 Å². The molecule has 6 nitrogen and oxygen atoms in total. The van der Waals surface area contributed by atoms with Gasteiger partial charge in [0.1, 0.15) is 0 Å². The van der Waals surface area contributed by atoms with Gasteiger partial charge in [-0.2, -0.15) is 0 Å². The molecule has 2 aromatic rings. The lowest BCUT2D eigenvalue weighted by molar-refractivity contribution is 0.713. The molecule has 0 bridgehead atoms. The van der Waals surface area contributed by atoms with E-state index in [1.54, 1.807) is 6.20 Å². The molecular weight excluding hydrogens is 132 g/mol. The van der Waals surface area contributed by atoms with Crippen molar-refractivity contribution in [2.75, 3.05) is 0 Å². The van der Waals surface area contributed by atoms with Crippen LogP contribution in [0.5, 0.6) is 0 Å². The number of aryl methyl sites for hydroxylation is 1. The van der Waals surface area contributed by atoms with Gasteiger partial charge in [0.2, 0.25) is 0 Å². The Morgan fingerprint density at radius 3 is 3.30 bits per heavy atom. The van der Waals surface area contributed by atoms with Crippen LogP contribution in [0, 0.1) is 6.92 Å². The first-order valence-corrected chi connectivity index (χ1v) is 2.74. The molecule has 0 spiro atoms. The molecule has 6 heteroatoms. The van der Waals surface area contributed by atoms with E-state index >= 15 is 0 Å². The molecule has 0 aliphatic heterocycles. The fraction of sp³-hybridized carbons (Fsp3) is 0.250. The number of rotatable bonds is 0. The summed E-state index contributed by atoms with van der Waals surface area (Å²) in [4.78, 5) is 3.91. The first-order chi connectivity index (χ1) is 4.86. The summed E-state index contributed by atoms with van der Waals surface area (Å²) in [7, 11) is 0. The lowest BCUT2D eigenvalue weighted by Crippen LogP contribution is -1.97. The molecule has 50 valence electrons. The molecular formula is C4H4N6. The molecule has 0 amide bonds. The van der Waals surface area contributed by atoms with E-state index in [4.69, 9.17) is 0 Å². The topological polar surface area (TPSA) is 68.9 Å².